The first-order chi connectivity index (χ1) is 15.8. The van der Waals surface area contributed by atoms with Crippen molar-refractivity contribution in [1.29, 1.82) is 0 Å². The second-order valence-corrected chi connectivity index (χ2v) is 8.39. The molecule has 0 amide bonds. The molecule has 0 unspecified atom stereocenters. The standard InChI is InChI=1S/C24H45N3O6/c1-7-19-13-26(17-23(29)32-11-5)21(9-3)15-27(18-24(30)33-12-6)20(8-2)14-25(19)16-22(28)31-10-4/h19-21H,7-18H2,1-6H3/t19-,20-,21-/m0/s1. The molecule has 0 aromatic rings. The maximum absolute atomic E-state index is 12.4. The average Bonchev–Trinajstić information content (AvgIpc) is 2.82. The van der Waals surface area contributed by atoms with Crippen LogP contribution in [0.2, 0.25) is 0 Å². The molecule has 1 saturated heterocycles. The van der Waals surface area contributed by atoms with Gasteiger partial charge in [-0.25, -0.2) is 0 Å². The number of carbonyl (C=O) groups is 3. The van der Waals surface area contributed by atoms with Crippen LogP contribution in [0.5, 0.6) is 0 Å². The molecule has 0 spiro atoms. The number of hydrogen-bond donors (Lipinski definition) is 0. The predicted molar refractivity (Wildman–Crippen MR) is 127 cm³/mol. The van der Waals surface area contributed by atoms with Gasteiger partial charge < -0.3 is 14.2 Å². The molecule has 0 aromatic carbocycles. The molecule has 0 aliphatic carbocycles. The number of esters is 3. The van der Waals surface area contributed by atoms with Crippen LogP contribution in [0, 0.1) is 0 Å². The molecule has 1 aliphatic rings. The lowest BCUT2D eigenvalue weighted by Gasteiger charge is -2.36. The zero-order valence-electron chi connectivity index (χ0n) is 21.5. The van der Waals surface area contributed by atoms with Gasteiger partial charge in [-0.3, -0.25) is 29.1 Å². The van der Waals surface area contributed by atoms with Crippen LogP contribution in [-0.4, -0.2) is 110 Å². The van der Waals surface area contributed by atoms with Crippen molar-refractivity contribution in [3.8, 4) is 0 Å². The normalized spacial score (nSPS) is 23.3. The molecule has 1 fully saturated rings. The first-order valence-corrected chi connectivity index (χ1v) is 12.5. The Bertz CT molecular complexity index is 522. The Kier molecular flexibility index (Phi) is 14.2. The Labute approximate surface area is 199 Å². The summed E-state index contributed by atoms with van der Waals surface area (Å²) in [4.78, 5) is 43.7. The third kappa shape index (κ3) is 9.98. The third-order valence-corrected chi connectivity index (χ3v) is 6.21. The highest BCUT2D eigenvalue weighted by Crippen LogP contribution is 2.20. The van der Waals surface area contributed by atoms with Crippen LogP contribution in [-0.2, 0) is 28.6 Å². The molecular formula is C24H45N3O6. The summed E-state index contributed by atoms with van der Waals surface area (Å²) in [5.74, 6) is -0.775. The maximum Gasteiger partial charge on any atom is 0.320 e. The van der Waals surface area contributed by atoms with Gasteiger partial charge in [0.05, 0.1) is 39.5 Å². The molecule has 1 rings (SSSR count). The van der Waals surface area contributed by atoms with Gasteiger partial charge in [-0.1, -0.05) is 20.8 Å². The van der Waals surface area contributed by atoms with E-state index in [0.717, 1.165) is 19.3 Å². The molecule has 1 heterocycles. The van der Waals surface area contributed by atoms with Gasteiger partial charge in [-0.05, 0) is 40.0 Å². The molecule has 0 aromatic heterocycles. The van der Waals surface area contributed by atoms with Gasteiger partial charge in [0.25, 0.3) is 0 Å². The van der Waals surface area contributed by atoms with Gasteiger partial charge in [-0.2, -0.15) is 0 Å². The van der Waals surface area contributed by atoms with E-state index in [9.17, 15) is 14.4 Å². The van der Waals surface area contributed by atoms with Gasteiger partial charge >= 0.3 is 17.9 Å². The van der Waals surface area contributed by atoms with E-state index < -0.39 is 0 Å². The highest BCUT2D eigenvalue weighted by Gasteiger charge is 2.34. The predicted octanol–water partition coefficient (Wildman–Crippen LogP) is 1.93. The minimum Gasteiger partial charge on any atom is -0.465 e. The summed E-state index contributed by atoms with van der Waals surface area (Å²) in [6.07, 6.45) is 2.47. The maximum atomic E-state index is 12.4. The average molecular weight is 472 g/mol. The van der Waals surface area contributed by atoms with Gasteiger partial charge in [0, 0.05) is 37.8 Å². The van der Waals surface area contributed by atoms with E-state index in [2.05, 4.69) is 35.5 Å². The minimum absolute atomic E-state index is 0.0643. The van der Waals surface area contributed by atoms with Gasteiger partial charge in [0.1, 0.15) is 0 Å². The summed E-state index contributed by atoms with van der Waals surface area (Å²) in [5, 5.41) is 0. The number of rotatable bonds is 12. The number of nitrogens with zero attached hydrogens (tertiary/aromatic N) is 3. The van der Waals surface area contributed by atoms with Gasteiger partial charge in [0.2, 0.25) is 0 Å². The Morgan fingerprint density at radius 2 is 0.788 bits per heavy atom. The Balaban J connectivity index is 3.32. The van der Waals surface area contributed by atoms with Crippen LogP contribution < -0.4 is 0 Å². The van der Waals surface area contributed by atoms with Crippen LogP contribution in [0.1, 0.15) is 60.8 Å². The molecule has 0 saturated carbocycles. The largest absolute Gasteiger partial charge is 0.465 e. The van der Waals surface area contributed by atoms with E-state index in [1.807, 2.05) is 0 Å². The molecule has 0 N–H and O–H groups in total. The first-order valence-electron chi connectivity index (χ1n) is 12.5. The van der Waals surface area contributed by atoms with Crippen molar-refractivity contribution in [3.05, 3.63) is 0 Å². The van der Waals surface area contributed by atoms with Crippen molar-refractivity contribution in [2.75, 3.05) is 59.1 Å². The zero-order valence-corrected chi connectivity index (χ0v) is 21.5. The molecule has 1 aliphatic heterocycles. The lowest BCUT2D eigenvalue weighted by molar-refractivity contribution is -0.147. The minimum atomic E-state index is -0.258. The Morgan fingerprint density at radius 1 is 0.545 bits per heavy atom. The van der Waals surface area contributed by atoms with Crippen molar-refractivity contribution in [2.24, 2.45) is 0 Å². The monoisotopic (exact) mass is 471 g/mol. The molecule has 192 valence electrons. The van der Waals surface area contributed by atoms with Crippen molar-refractivity contribution < 1.29 is 28.6 Å². The molecule has 0 radical (unpaired) electrons. The fourth-order valence-corrected chi connectivity index (χ4v) is 4.47. The quantitative estimate of drug-likeness (QED) is 0.313. The molecule has 9 nitrogen and oxygen atoms in total. The van der Waals surface area contributed by atoms with E-state index in [-0.39, 0.29) is 55.7 Å². The third-order valence-electron chi connectivity index (χ3n) is 6.21. The summed E-state index contributed by atoms with van der Waals surface area (Å²) in [6.45, 7) is 15.2. The second-order valence-electron chi connectivity index (χ2n) is 8.39. The molecule has 0 bridgehead atoms. The molecular weight excluding hydrogens is 426 g/mol. The topological polar surface area (TPSA) is 88.6 Å². The highest BCUT2D eigenvalue weighted by atomic mass is 16.5. The second kappa shape index (κ2) is 16.0. The lowest BCUT2D eigenvalue weighted by atomic mass is 10.1. The number of hydrogen-bond acceptors (Lipinski definition) is 9. The van der Waals surface area contributed by atoms with Crippen LogP contribution in [0.3, 0.4) is 0 Å². The zero-order chi connectivity index (χ0) is 24.8. The smallest absolute Gasteiger partial charge is 0.320 e. The van der Waals surface area contributed by atoms with E-state index in [1.54, 1.807) is 20.8 Å². The van der Waals surface area contributed by atoms with E-state index in [4.69, 9.17) is 14.2 Å². The van der Waals surface area contributed by atoms with E-state index in [1.165, 1.54) is 0 Å². The molecule has 3 atom stereocenters. The fraction of sp³-hybridized carbons (Fsp3) is 0.875. The summed E-state index contributed by atoms with van der Waals surface area (Å²) < 4.78 is 15.7. The summed E-state index contributed by atoms with van der Waals surface area (Å²) in [5.41, 5.74) is 0. The fourth-order valence-electron chi connectivity index (χ4n) is 4.47. The van der Waals surface area contributed by atoms with Crippen LogP contribution in [0.25, 0.3) is 0 Å². The summed E-state index contributed by atoms with van der Waals surface area (Å²) in [7, 11) is 0. The van der Waals surface area contributed by atoms with Crippen molar-refractivity contribution in [2.45, 2.75) is 78.9 Å². The van der Waals surface area contributed by atoms with Crippen LogP contribution >= 0.6 is 0 Å². The van der Waals surface area contributed by atoms with Crippen LogP contribution in [0.15, 0.2) is 0 Å². The van der Waals surface area contributed by atoms with Gasteiger partial charge in [-0.15, -0.1) is 0 Å². The Morgan fingerprint density at radius 3 is 0.970 bits per heavy atom. The summed E-state index contributed by atoms with van der Waals surface area (Å²) in [6, 6.07) is 0.193. The highest BCUT2D eigenvalue weighted by molar-refractivity contribution is 5.72. The lowest BCUT2D eigenvalue weighted by Crippen LogP contribution is -2.50. The van der Waals surface area contributed by atoms with E-state index in [0.29, 0.717) is 39.5 Å². The number of carbonyl (C=O) groups excluding carboxylic acids is 3. The van der Waals surface area contributed by atoms with Crippen molar-refractivity contribution in [3.63, 3.8) is 0 Å². The number of ether oxygens (including phenoxy) is 3. The summed E-state index contributed by atoms with van der Waals surface area (Å²) >= 11 is 0. The molecule has 9 heteroatoms. The van der Waals surface area contributed by atoms with Crippen molar-refractivity contribution >= 4 is 17.9 Å². The first kappa shape index (κ1) is 29.3. The van der Waals surface area contributed by atoms with Crippen molar-refractivity contribution in [1.82, 2.24) is 14.7 Å². The SMILES string of the molecule is CCOC(=O)CN1C[C@H](CC)N(CC(=O)OCC)C[C@H](CC)N(CC(=O)OCC)C[C@@H]1CC. The Hall–Kier alpha value is -1.71. The van der Waals surface area contributed by atoms with E-state index >= 15 is 0 Å². The van der Waals surface area contributed by atoms with Gasteiger partial charge in [0.15, 0.2) is 0 Å². The van der Waals surface area contributed by atoms with Crippen LogP contribution in [0.4, 0.5) is 0 Å². The molecule has 33 heavy (non-hydrogen) atoms.